The van der Waals surface area contributed by atoms with E-state index in [4.69, 9.17) is 5.11 Å². The molecule has 0 amide bonds. The average molecular weight is 322 g/mol. The summed E-state index contributed by atoms with van der Waals surface area (Å²) in [5.41, 5.74) is 0. The van der Waals surface area contributed by atoms with Gasteiger partial charge < -0.3 is 5.11 Å². The molecule has 116 valence electrons. The quantitative estimate of drug-likeness (QED) is 0.785. The van der Waals surface area contributed by atoms with Crippen molar-refractivity contribution in [1.82, 2.24) is 9.03 Å². The van der Waals surface area contributed by atoms with Crippen molar-refractivity contribution in [1.29, 1.82) is 0 Å². The second kappa shape index (κ2) is 7.11. The molecule has 1 unspecified atom stereocenters. The van der Waals surface area contributed by atoms with Crippen molar-refractivity contribution < 1.29 is 18.3 Å². The van der Waals surface area contributed by atoms with Gasteiger partial charge in [0.2, 0.25) is 0 Å². The molecule has 2 rings (SSSR count). The number of carbonyl (C=O) groups is 1. The van der Waals surface area contributed by atoms with Crippen LogP contribution in [-0.2, 0) is 15.0 Å². The van der Waals surface area contributed by atoms with Crippen LogP contribution in [0.25, 0.3) is 0 Å². The number of hydrogen-bond donors (Lipinski definition) is 2. The van der Waals surface area contributed by atoms with E-state index in [-0.39, 0.29) is 0 Å². The summed E-state index contributed by atoms with van der Waals surface area (Å²) < 4.78 is 28.3. The van der Waals surface area contributed by atoms with E-state index >= 15 is 0 Å². The fourth-order valence-electron chi connectivity index (χ4n) is 2.70. The number of piperidine rings is 1. The van der Waals surface area contributed by atoms with Crippen LogP contribution in [0.1, 0.15) is 32.1 Å². The van der Waals surface area contributed by atoms with Gasteiger partial charge in [-0.3, -0.25) is 4.79 Å². The van der Waals surface area contributed by atoms with Crippen LogP contribution in [0.3, 0.4) is 0 Å². The molecule has 0 aliphatic carbocycles. The first-order chi connectivity index (χ1) is 9.50. The second-order valence-corrected chi connectivity index (χ2v) is 8.30. The van der Waals surface area contributed by atoms with E-state index in [1.54, 1.807) is 0 Å². The minimum atomic E-state index is -3.68. The Labute approximate surface area is 124 Å². The zero-order valence-corrected chi connectivity index (χ0v) is 13.1. The SMILES string of the molecule is O=C(O)C1CCCCN1S(=O)(=O)NCC1CCSCC1. The molecule has 2 heterocycles. The molecule has 1 atom stereocenters. The predicted octanol–water partition coefficient (Wildman–Crippen LogP) is 0.903. The molecule has 0 spiro atoms. The molecule has 0 radical (unpaired) electrons. The molecule has 0 aromatic carbocycles. The number of hydrogen-bond acceptors (Lipinski definition) is 4. The summed E-state index contributed by atoms with van der Waals surface area (Å²) in [4.78, 5) is 11.2. The second-order valence-electron chi connectivity index (χ2n) is 5.37. The average Bonchev–Trinajstić information content (AvgIpc) is 2.46. The number of rotatable bonds is 5. The highest BCUT2D eigenvalue weighted by atomic mass is 32.2. The molecule has 20 heavy (non-hydrogen) atoms. The third-order valence-electron chi connectivity index (χ3n) is 3.94. The van der Waals surface area contributed by atoms with Gasteiger partial charge in [-0.15, -0.1) is 0 Å². The van der Waals surface area contributed by atoms with E-state index < -0.39 is 22.2 Å². The summed E-state index contributed by atoms with van der Waals surface area (Å²) in [6, 6.07) is -0.914. The first-order valence-corrected chi connectivity index (χ1v) is 9.67. The largest absolute Gasteiger partial charge is 0.480 e. The Morgan fingerprint density at radius 1 is 1.25 bits per heavy atom. The lowest BCUT2D eigenvalue weighted by Crippen LogP contribution is -2.52. The molecule has 2 aliphatic rings. The molecule has 6 nitrogen and oxygen atoms in total. The minimum absolute atomic E-state index is 0.298. The zero-order valence-electron chi connectivity index (χ0n) is 11.5. The van der Waals surface area contributed by atoms with E-state index in [0.29, 0.717) is 25.4 Å². The fourth-order valence-corrected chi connectivity index (χ4v) is 5.41. The highest BCUT2D eigenvalue weighted by Crippen LogP contribution is 2.23. The topological polar surface area (TPSA) is 86.7 Å². The van der Waals surface area contributed by atoms with E-state index in [0.717, 1.165) is 41.5 Å². The summed E-state index contributed by atoms with van der Waals surface area (Å²) in [7, 11) is -3.68. The molecule has 0 saturated carbocycles. The Bertz CT molecular complexity index is 435. The van der Waals surface area contributed by atoms with Crippen LogP contribution in [-0.4, -0.2) is 54.4 Å². The van der Waals surface area contributed by atoms with Crippen molar-refractivity contribution in [3.63, 3.8) is 0 Å². The van der Waals surface area contributed by atoms with Crippen molar-refractivity contribution in [3.05, 3.63) is 0 Å². The van der Waals surface area contributed by atoms with Gasteiger partial charge in [-0.05, 0) is 49.5 Å². The van der Waals surface area contributed by atoms with Crippen molar-refractivity contribution in [2.24, 2.45) is 5.92 Å². The lowest BCUT2D eigenvalue weighted by atomic mass is 10.0. The van der Waals surface area contributed by atoms with Crippen LogP contribution in [0, 0.1) is 5.92 Å². The lowest BCUT2D eigenvalue weighted by Gasteiger charge is -2.32. The van der Waals surface area contributed by atoms with Crippen molar-refractivity contribution in [3.8, 4) is 0 Å². The summed E-state index contributed by atoms with van der Waals surface area (Å²) in [5, 5.41) is 9.15. The van der Waals surface area contributed by atoms with E-state index in [9.17, 15) is 13.2 Å². The number of nitrogens with zero attached hydrogens (tertiary/aromatic N) is 1. The maximum atomic E-state index is 12.3. The van der Waals surface area contributed by atoms with Crippen LogP contribution in [0.2, 0.25) is 0 Å². The van der Waals surface area contributed by atoms with E-state index in [2.05, 4.69) is 4.72 Å². The standard InChI is InChI=1S/C12H22N2O4S2/c15-12(16)11-3-1-2-6-14(11)20(17,18)13-9-10-4-7-19-8-5-10/h10-11,13H,1-9H2,(H,15,16). The summed E-state index contributed by atoms with van der Waals surface area (Å²) in [6.45, 7) is 0.721. The molecule has 2 fully saturated rings. The number of carboxylic acid groups (broad SMARTS) is 1. The molecular weight excluding hydrogens is 300 g/mol. The maximum absolute atomic E-state index is 12.3. The van der Waals surface area contributed by atoms with Gasteiger partial charge >= 0.3 is 5.97 Å². The number of carboxylic acids is 1. The van der Waals surface area contributed by atoms with E-state index in [1.807, 2.05) is 11.8 Å². The Hall–Kier alpha value is -0.310. The first-order valence-electron chi connectivity index (χ1n) is 7.07. The van der Waals surface area contributed by atoms with Gasteiger partial charge in [-0.25, -0.2) is 4.72 Å². The third kappa shape index (κ3) is 4.09. The van der Waals surface area contributed by atoms with Gasteiger partial charge in [-0.1, -0.05) is 0 Å². The Morgan fingerprint density at radius 2 is 1.95 bits per heavy atom. The molecule has 2 N–H and O–H groups in total. The zero-order chi connectivity index (χ0) is 14.6. The summed E-state index contributed by atoms with van der Waals surface area (Å²) >= 11 is 1.90. The highest BCUT2D eigenvalue weighted by molar-refractivity contribution is 7.99. The van der Waals surface area contributed by atoms with Gasteiger partial charge in [0.05, 0.1) is 0 Å². The third-order valence-corrected chi connectivity index (χ3v) is 6.58. The number of aliphatic carboxylic acids is 1. The fraction of sp³-hybridized carbons (Fsp3) is 0.917. The number of nitrogens with one attached hydrogen (secondary N) is 1. The van der Waals surface area contributed by atoms with Crippen molar-refractivity contribution in [2.75, 3.05) is 24.6 Å². The maximum Gasteiger partial charge on any atom is 0.322 e. The van der Waals surface area contributed by atoms with Gasteiger partial charge in [-0.2, -0.15) is 24.5 Å². The first kappa shape index (κ1) is 16.1. The van der Waals surface area contributed by atoms with E-state index in [1.165, 1.54) is 0 Å². The Balaban J connectivity index is 1.95. The molecule has 2 aliphatic heterocycles. The van der Waals surface area contributed by atoms with Crippen LogP contribution in [0.4, 0.5) is 0 Å². The van der Waals surface area contributed by atoms with Crippen LogP contribution >= 0.6 is 11.8 Å². The molecule has 2 saturated heterocycles. The summed E-state index contributed by atoms with van der Waals surface area (Å²) in [6.07, 6.45) is 3.94. The van der Waals surface area contributed by atoms with Gasteiger partial charge in [0.1, 0.15) is 6.04 Å². The van der Waals surface area contributed by atoms with Crippen molar-refractivity contribution >= 4 is 27.9 Å². The van der Waals surface area contributed by atoms with Crippen LogP contribution < -0.4 is 4.72 Å². The van der Waals surface area contributed by atoms with Gasteiger partial charge in [0.25, 0.3) is 10.2 Å². The normalized spacial score (nSPS) is 26.5. The van der Waals surface area contributed by atoms with Crippen molar-refractivity contribution in [2.45, 2.75) is 38.1 Å². The number of thioether (sulfide) groups is 1. The van der Waals surface area contributed by atoms with Gasteiger partial charge in [0.15, 0.2) is 0 Å². The molecule has 0 bridgehead atoms. The summed E-state index contributed by atoms with van der Waals surface area (Å²) in [5.74, 6) is 1.48. The highest BCUT2D eigenvalue weighted by Gasteiger charge is 2.36. The molecule has 0 aromatic rings. The van der Waals surface area contributed by atoms with Gasteiger partial charge in [0, 0.05) is 13.1 Å². The predicted molar refractivity (Wildman–Crippen MR) is 79.0 cm³/mol. The molecule has 0 aromatic heterocycles. The smallest absolute Gasteiger partial charge is 0.322 e. The minimum Gasteiger partial charge on any atom is -0.480 e. The van der Waals surface area contributed by atoms with Crippen LogP contribution in [0.15, 0.2) is 0 Å². The molecule has 8 heteroatoms. The lowest BCUT2D eigenvalue weighted by molar-refractivity contribution is -0.142. The Morgan fingerprint density at radius 3 is 2.60 bits per heavy atom. The Kier molecular flexibility index (Phi) is 5.71. The van der Waals surface area contributed by atoms with Crippen LogP contribution in [0.5, 0.6) is 0 Å². The molecular formula is C12H22N2O4S2. The monoisotopic (exact) mass is 322 g/mol.